The van der Waals surface area contributed by atoms with Crippen LogP contribution in [0.5, 0.6) is 0 Å². The van der Waals surface area contributed by atoms with Gasteiger partial charge in [0.1, 0.15) is 5.57 Å². The minimum Gasteiger partial charge on any atom is -0.462 e. The smallest absolute Gasteiger partial charge is 0.345 e. The summed E-state index contributed by atoms with van der Waals surface area (Å²) in [5.74, 6) is -1.39. The van der Waals surface area contributed by atoms with E-state index in [4.69, 9.17) is 21.8 Å². The fourth-order valence-corrected chi connectivity index (χ4v) is 22.2. The molecule has 2 atom stereocenters. The Morgan fingerprint density at radius 1 is 0.821 bits per heavy atom. The van der Waals surface area contributed by atoms with E-state index in [1.165, 1.54) is 0 Å². The fourth-order valence-electron chi connectivity index (χ4n) is 4.27. The van der Waals surface area contributed by atoms with Gasteiger partial charge in [-0.25, -0.2) is 9.59 Å². The lowest BCUT2D eigenvalue weighted by Gasteiger charge is -2.45. The number of allylic oxidation sites excluding steroid dienone is 3. The molecule has 0 bridgehead atoms. The van der Waals surface area contributed by atoms with Crippen LogP contribution in [0.1, 0.15) is 34.6 Å². The number of carbonyl (C=O) groups is 2. The van der Waals surface area contributed by atoms with Crippen LogP contribution in [0.4, 0.5) is 0 Å². The van der Waals surface area contributed by atoms with Crippen LogP contribution in [0.2, 0.25) is 64.5 Å². The molecular formula is C27H55NO7Si4. The van der Waals surface area contributed by atoms with E-state index in [9.17, 15) is 9.59 Å². The van der Waals surface area contributed by atoms with Crippen molar-refractivity contribution in [2.75, 3.05) is 26.3 Å². The van der Waals surface area contributed by atoms with E-state index < -0.39 is 45.7 Å². The SMILES string of the molecule is C=CCN(CC(C)[Si](C)(O[Si](C)(C)C)O[Si](C)(C)O[Si](C)(C)C)C(C)=C(C)C=C(C(=O)OCC)C(=O)OCC. The van der Waals surface area contributed by atoms with E-state index in [0.717, 1.165) is 11.3 Å². The molecule has 2 unspecified atom stereocenters. The molecule has 0 aliphatic heterocycles. The number of hydrogen-bond acceptors (Lipinski definition) is 8. The van der Waals surface area contributed by atoms with E-state index in [0.29, 0.717) is 13.1 Å². The van der Waals surface area contributed by atoms with Crippen LogP contribution in [-0.4, -0.2) is 76.9 Å². The van der Waals surface area contributed by atoms with E-state index >= 15 is 0 Å². The highest BCUT2D eigenvalue weighted by Crippen LogP contribution is 2.33. The van der Waals surface area contributed by atoms with E-state index in [2.05, 4.69) is 77.3 Å². The highest BCUT2D eigenvalue weighted by molar-refractivity contribution is 6.89. The van der Waals surface area contributed by atoms with Crippen molar-refractivity contribution in [3.05, 3.63) is 35.6 Å². The molecule has 0 aromatic rings. The second-order valence-electron chi connectivity index (χ2n) is 12.3. The summed E-state index contributed by atoms with van der Waals surface area (Å²) in [5, 5.41) is 0. The zero-order valence-electron chi connectivity index (χ0n) is 27.1. The topological polar surface area (TPSA) is 83.5 Å². The number of nitrogens with zero attached hydrogens (tertiary/aromatic N) is 1. The maximum atomic E-state index is 12.5. The molecule has 0 aromatic carbocycles. The summed E-state index contributed by atoms with van der Waals surface area (Å²) in [6.07, 6.45) is 3.40. The Kier molecular flexibility index (Phi) is 15.1. The molecule has 0 radical (unpaired) electrons. The van der Waals surface area contributed by atoms with Crippen molar-refractivity contribution >= 4 is 45.7 Å². The Bertz CT molecular complexity index is 887. The highest BCUT2D eigenvalue weighted by atomic mass is 28.5. The summed E-state index contributed by atoms with van der Waals surface area (Å²) in [7, 11) is -8.94. The van der Waals surface area contributed by atoms with Crippen molar-refractivity contribution in [3.8, 4) is 0 Å². The first-order valence-electron chi connectivity index (χ1n) is 13.8. The molecule has 0 rings (SSSR count). The third kappa shape index (κ3) is 14.2. The largest absolute Gasteiger partial charge is 0.462 e. The third-order valence-electron chi connectivity index (χ3n) is 5.64. The highest BCUT2D eigenvalue weighted by Gasteiger charge is 2.48. The maximum Gasteiger partial charge on any atom is 0.345 e. The normalized spacial score (nSPS) is 15.4. The van der Waals surface area contributed by atoms with Crippen molar-refractivity contribution in [1.82, 2.24) is 4.90 Å². The Labute approximate surface area is 242 Å². The molecule has 0 saturated heterocycles. The van der Waals surface area contributed by atoms with Gasteiger partial charge in [-0.1, -0.05) is 13.0 Å². The monoisotopic (exact) mass is 617 g/mol. The van der Waals surface area contributed by atoms with Crippen LogP contribution < -0.4 is 0 Å². The average Bonchev–Trinajstić information content (AvgIpc) is 2.72. The molecule has 0 aliphatic carbocycles. The zero-order valence-corrected chi connectivity index (χ0v) is 31.1. The number of hydrogen-bond donors (Lipinski definition) is 0. The van der Waals surface area contributed by atoms with Crippen LogP contribution in [0.15, 0.2) is 35.6 Å². The molecule has 0 aromatic heterocycles. The summed E-state index contributed by atoms with van der Waals surface area (Å²) in [4.78, 5) is 27.2. The first-order valence-corrected chi connectivity index (χ1v) is 25.8. The number of esters is 2. The van der Waals surface area contributed by atoms with E-state index in [1.54, 1.807) is 19.9 Å². The van der Waals surface area contributed by atoms with Crippen LogP contribution in [0.3, 0.4) is 0 Å². The number of ether oxygens (including phenoxy) is 2. The summed E-state index contributed by atoms with van der Waals surface area (Å²) < 4.78 is 30.6. The van der Waals surface area contributed by atoms with Gasteiger partial charge in [-0.15, -0.1) is 6.58 Å². The van der Waals surface area contributed by atoms with Gasteiger partial charge < -0.3 is 26.7 Å². The van der Waals surface area contributed by atoms with Gasteiger partial charge >= 0.3 is 29.1 Å². The first-order chi connectivity index (χ1) is 17.6. The molecular weight excluding hydrogens is 563 g/mol. The van der Waals surface area contributed by atoms with Crippen LogP contribution in [-0.2, 0) is 31.4 Å². The Hall–Kier alpha value is -1.29. The van der Waals surface area contributed by atoms with E-state index in [1.807, 2.05) is 19.9 Å². The molecule has 0 aliphatic rings. The molecule has 39 heavy (non-hydrogen) atoms. The molecule has 8 nitrogen and oxygen atoms in total. The van der Waals surface area contributed by atoms with Gasteiger partial charge in [0, 0.05) is 24.3 Å². The quantitative estimate of drug-likeness (QED) is 0.0339. The second kappa shape index (κ2) is 15.6. The van der Waals surface area contributed by atoms with Crippen molar-refractivity contribution in [1.29, 1.82) is 0 Å². The minimum atomic E-state index is -2.73. The zero-order chi connectivity index (χ0) is 30.8. The lowest BCUT2D eigenvalue weighted by Crippen LogP contribution is -2.59. The maximum absolute atomic E-state index is 12.5. The molecule has 0 heterocycles. The predicted molar refractivity (Wildman–Crippen MR) is 170 cm³/mol. The van der Waals surface area contributed by atoms with Gasteiger partial charge in [-0.3, -0.25) is 0 Å². The molecule has 0 spiro atoms. The Morgan fingerprint density at radius 3 is 1.67 bits per heavy atom. The number of carbonyl (C=O) groups excluding carboxylic acids is 2. The molecule has 0 N–H and O–H groups in total. The van der Waals surface area contributed by atoms with Gasteiger partial charge in [0.05, 0.1) is 13.2 Å². The number of rotatable bonds is 17. The molecule has 226 valence electrons. The van der Waals surface area contributed by atoms with Crippen molar-refractivity contribution in [2.45, 2.75) is 99.1 Å². The Morgan fingerprint density at radius 2 is 1.28 bits per heavy atom. The van der Waals surface area contributed by atoms with Crippen LogP contribution in [0.25, 0.3) is 0 Å². The molecule has 0 saturated carbocycles. The van der Waals surface area contributed by atoms with Gasteiger partial charge in [0.2, 0.25) is 0 Å². The van der Waals surface area contributed by atoms with Gasteiger partial charge in [0.25, 0.3) is 0 Å². The summed E-state index contributed by atoms with van der Waals surface area (Å²) >= 11 is 0. The second-order valence-corrected chi connectivity index (χ2v) is 29.0. The van der Waals surface area contributed by atoms with Crippen molar-refractivity contribution < 1.29 is 31.4 Å². The summed E-state index contributed by atoms with van der Waals surface area (Å²) in [6, 6.07) is 0. The molecule has 12 heteroatoms. The summed E-state index contributed by atoms with van der Waals surface area (Å²) in [5.41, 5.74) is 1.63. The van der Waals surface area contributed by atoms with Crippen molar-refractivity contribution in [3.63, 3.8) is 0 Å². The lowest BCUT2D eigenvalue weighted by atomic mass is 10.1. The molecule has 0 fully saturated rings. The predicted octanol–water partition coefficient (Wildman–Crippen LogP) is 6.70. The van der Waals surface area contributed by atoms with Gasteiger partial charge in [-0.2, -0.15) is 0 Å². The van der Waals surface area contributed by atoms with E-state index in [-0.39, 0.29) is 24.3 Å². The minimum absolute atomic E-state index is 0.0856. The van der Waals surface area contributed by atoms with Gasteiger partial charge in [0.15, 0.2) is 16.6 Å². The third-order valence-corrected chi connectivity index (χ3v) is 19.7. The Balaban J connectivity index is 6.45. The summed E-state index contributed by atoms with van der Waals surface area (Å²) in [6.45, 7) is 34.5. The van der Waals surface area contributed by atoms with Crippen LogP contribution in [0, 0.1) is 0 Å². The standard InChI is InChI=1S/C27H55NO7Si4/c1-16-19-28(24(6)22(4)20-25(26(29)31-17-2)27(30)32-18-3)21-23(5)39(15,34-37(10,11)12)35-38(13,14)33-36(7,8)9/h16,20,23H,1,17-19,21H2,2-15H3. The average molecular weight is 618 g/mol. The van der Waals surface area contributed by atoms with Crippen LogP contribution >= 0.6 is 0 Å². The lowest BCUT2D eigenvalue weighted by molar-refractivity contribution is -0.146. The first kappa shape index (κ1) is 37.7. The van der Waals surface area contributed by atoms with Gasteiger partial charge in [-0.05, 0) is 98.3 Å². The van der Waals surface area contributed by atoms with Crippen molar-refractivity contribution in [2.24, 2.45) is 0 Å². The molecule has 0 amide bonds. The fraction of sp³-hybridized carbons (Fsp3) is 0.704.